The number of amides is 1. The summed E-state index contributed by atoms with van der Waals surface area (Å²) in [4.78, 5) is 31.0. The van der Waals surface area contributed by atoms with Crippen LogP contribution in [0.25, 0.3) is 17.3 Å². The van der Waals surface area contributed by atoms with Crippen molar-refractivity contribution < 1.29 is 9.53 Å². The van der Waals surface area contributed by atoms with Crippen LogP contribution in [0.1, 0.15) is 29.5 Å². The molecule has 8 nitrogen and oxygen atoms in total. The first-order chi connectivity index (χ1) is 17.4. The maximum atomic E-state index is 12.7. The molecule has 0 atom stereocenters. The molecule has 0 unspecified atom stereocenters. The van der Waals surface area contributed by atoms with Crippen molar-refractivity contribution in [2.75, 3.05) is 13.1 Å². The number of nitrogens with zero attached hydrogens (tertiary/aromatic N) is 3. The number of ether oxygens (including phenoxy) is 1. The van der Waals surface area contributed by atoms with E-state index in [1.54, 1.807) is 29.2 Å². The molecule has 10 heteroatoms. The zero-order valence-electron chi connectivity index (χ0n) is 19.6. The molecule has 0 saturated carbocycles. The van der Waals surface area contributed by atoms with Gasteiger partial charge in [-0.05, 0) is 49.1 Å². The zero-order valence-corrected chi connectivity index (χ0v) is 21.2. The summed E-state index contributed by atoms with van der Waals surface area (Å²) in [5.74, 6) is 0.441. The van der Waals surface area contributed by atoms with Gasteiger partial charge in [0.1, 0.15) is 17.0 Å². The summed E-state index contributed by atoms with van der Waals surface area (Å²) in [6, 6.07) is 13.2. The fourth-order valence-electron chi connectivity index (χ4n) is 4.10. The molecule has 36 heavy (non-hydrogen) atoms. The van der Waals surface area contributed by atoms with Gasteiger partial charge in [-0.2, -0.15) is 4.98 Å². The highest BCUT2D eigenvalue weighted by Crippen LogP contribution is 2.26. The average Bonchev–Trinajstić information content (AvgIpc) is 3.52. The first-order valence-electron chi connectivity index (χ1n) is 11.5. The van der Waals surface area contributed by atoms with E-state index < -0.39 is 5.56 Å². The average molecular weight is 522 g/mol. The van der Waals surface area contributed by atoms with E-state index in [1.807, 2.05) is 25.1 Å². The second kappa shape index (κ2) is 10.1. The normalized spacial score (nSPS) is 14.7. The Balaban J connectivity index is 1.43. The Morgan fingerprint density at radius 3 is 2.81 bits per heavy atom. The van der Waals surface area contributed by atoms with Crippen molar-refractivity contribution in [1.82, 2.24) is 19.7 Å². The van der Waals surface area contributed by atoms with E-state index >= 15 is 0 Å². The van der Waals surface area contributed by atoms with Crippen molar-refractivity contribution in [3.05, 3.63) is 89.9 Å². The monoisotopic (exact) mass is 521 g/mol. The minimum atomic E-state index is -0.524. The third kappa shape index (κ3) is 5.12. The minimum absolute atomic E-state index is 0.0505. The molecule has 0 bridgehead atoms. The number of halogens is 1. The molecule has 2 N–H and O–H groups in total. The molecule has 3 aliphatic rings. The highest BCUT2D eigenvalue weighted by molar-refractivity contribution is 7.11. The number of hydrogen-bond donors (Lipinski definition) is 2. The summed E-state index contributed by atoms with van der Waals surface area (Å²) < 4.78 is 7.80. The molecule has 0 aromatic heterocycles. The Labute approximate surface area is 215 Å². The summed E-state index contributed by atoms with van der Waals surface area (Å²) in [6.45, 7) is 3.91. The topological polar surface area (TPSA) is 104 Å². The van der Waals surface area contributed by atoms with Crippen LogP contribution in [0.2, 0.25) is 5.02 Å². The van der Waals surface area contributed by atoms with Gasteiger partial charge in [-0.15, -0.1) is 0 Å². The van der Waals surface area contributed by atoms with Crippen LogP contribution in [-0.4, -0.2) is 38.7 Å². The lowest BCUT2D eigenvalue weighted by molar-refractivity contribution is -0.123. The van der Waals surface area contributed by atoms with Crippen LogP contribution in [0.3, 0.4) is 0 Å². The van der Waals surface area contributed by atoms with Gasteiger partial charge < -0.3 is 9.64 Å². The third-order valence-corrected chi connectivity index (χ3v) is 7.12. The molecule has 0 radical (unpaired) electrons. The molecule has 0 aliphatic carbocycles. The molecule has 0 spiro atoms. The number of rotatable bonds is 5. The quantitative estimate of drug-likeness (QED) is 0.420. The second-order valence-corrected chi connectivity index (χ2v) is 10.1. The maximum Gasteiger partial charge on any atom is 0.283 e. The van der Waals surface area contributed by atoms with E-state index in [1.165, 1.54) is 10.8 Å². The number of benzene rings is 2. The number of likely N-dealkylation sites (tertiary alicyclic amines) is 1. The number of aromatic nitrogens is 3. The van der Waals surface area contributed by atoms with Gasteiger partial charge >= 0.3 is 0 Å². The first kappa shape index (κ1) is 24.0. The Bertz CT molecular complexity index is 1650. The third-order valence-electron chi connectivity index (χ3n) is 5.94. The smallest absolute Gasteiger partial charge is 0.283 e. The molecule has 184 valence electrons. The highest BCUT2D eigenvalue weighted by Gasteiger charge is 2.17. The zero-order chi connectivity index (χ0) is 25.2. The van der Waals surface area contributed by atoms with Gasteiger partial charge in [-0.1, -0.05) is 58.8 Å². The number of aromatic amines is 1. The van der Waals surface area contributed by atoms with E-state index in [4.69, 9.17) is 21.7 Å². The largest absolute Gasteiger partial charge is 0.487 e. The Kier molecular flexibility index (Phi) is 6.75. The summed E-state index contributed by atoms with van der Waals surface area (Å²) in [6.07, 6.45) is 5.08. The minimum Gasteiger partial charge on any atom is -0.487 e. The van der Waals surface area contributed by atoms with E-state index in [2.05, 4.69) is 16.1 Å². The van der Waals surface area contributed by atoms with Gasteiger partial charge in [0, 0.05) is 19.2 Å². The lowest BCUT2D eigenvalue weighted by atomic mass is 10.1. The van der Waals surface area contributed by atoms with Gasteiger partial charge in [0.05, 0.1) is 10.2 Å². The fraction of sp³-hybridized carbons (Fsp3) is 0.231. The molecule has 1 amide bonds. The molecule has 3 aliphatic heterocycles. The molecule has 2 aromatic carbocycles. The van der Waals surface area contributed by atoms with Crippen LogP contribution in [0.5, 0.6) is 5.75 Å². The van der Waals surface area contributed by atoms with Crippen LogP contribution in [-0.2, 0) is 11.4 Å². The summed E-state index contributed by atoms with van der Waals surface area (Å²) in [5, 5.41) is 12.4. The van der Waals surface area contributed by atoms with Crippen molar-refractivity contribution in [2.45, 2.75) is 26.4 Å². The maximum absolute atomic E-state index is 12.7. The molecule has 5 rings (SSSR count). The predicted octanol–water partition coefficient (Wildman–Crippen LogP) is 2.31. The predicted molar refractivity (Wildman–Crippen MR) is 139 cm³/mol. The number of nitrogens with one attached hydrogen (secondary N) is 2. The standard InChI is InChI=1S/C26H24ClN5O3S/c1-16-5-4-6-18(11-16)15-35-21-8-7-17(13-20(21)27)12-19-24(28)32-26(29-25(19)34)36-22(30-32)14-23(33)31-9-2-3-10-31/h4-8,11-14,28,30H,2-3,9-10,15H2,1H3/b19-12-,22-14+,28-24?. The molecular weight excluding hydrogens is 498 g/mol. The van der Waals surface area contributed by atoms with Crippen molar-refractivity contribution in [3.63, 3.8) is 0 Å². The number of hydrogen-bond acceptors (Lipinski definition) is 6. The van der Waals surface area contributed by atoms with Crippen LogP contribution in [0.15, 0.2) is 47.3 Å². The molecule has 2 aromatic rings. The molecule has 1 saturated heterocycles. The fourth-order valence-corrected chi connectivity index (χ4v) is 5.20. The lowest BCUT2D eigenvalue weighted by Crippen LogP contribution is -2.47. The molecule has 3 heterocycles. The van der Waals surface area contributed by atoms with Crippen LogP contribution >= 0.6 is 22.9 Å². The van der Waals surface area contributed by atoms with Crippen LogP contribution in [0.4, 0.5) is 0 Å². The number of carbonyl (C=O) groups is 1. The highest BCUT2D eigenvalue weighted by atomic mass is 35.5. The SMILES string of the molecule is Cc1cccc(COc2ccc(/C=c3\c(=O)nc4s/c(=C/C(=O)N5CCCC5)[nH]n-4c3=N)cc2Cl)c1. The Morgan fingerprint density at radius 2 is 2.06 bits per heavy atom. The number of aryl methyl sites for hydroxylation is 1. The van der Waals surface area contributed by atoms with Gasteiger partial charge in [0.25, 0.3) is 5.56 Å². The summed E-state index contributed by atoms with van der Waals surface area (Å²) in [5.41, 5.74) is 2.26. The first-order valence-corrected chi connectivity index (χ1v) is 12.7. The van der Waals surface area contributed by atoms with Crippen molar-refractivity contribution in [3.8, 4) is 10.9 Å². The Hall–Kier alpha value is -3.69. The van der Waals surface area contributed by atoms with Crippen LogP contribution in [0, 0.1) is 12.3 Å². The van der Waals surface area contributed by atoms with Crippen molar-refractivity contribution in [2.24, 2.45) is 0 Å². The van der Waals surface area contributed by atoms with Gasteiger partial charge in [-0.3, -0.25) is 20.1 Å². The van der Waals surface area contributed by atoms with E-state index in [-0.39, 0.29) is 16.6 Å². The van der Waals surface area contributed by atoms with Gasteiger partial charge in [-0.25, -0.2) is 4.68 Å². The van der Waals surface area contributed by atoms with E-state index in [0.717, 1.165) is 48.4 Å². The summed E-state index contributed by atoms with van der Waals surface area (Å²) >= 11 is 7.60. The lowest BCUT2D eigenvalue weighted by Gasteiger charge is -2.10. The number of carbonyl (C=O) groups excluding carboxylic acids is 1. The summed E-state index contributed by atoms with van der Waals surface area (Å²) in [7, 11) is 0. The number of fused-ring (bicyclic) bond motifs is 1. The Morgan fingerprint density at radius 1 is 1.25 bits per heavy atom. The van der Waals surface area contributed by atoms with Crippen LogP contribution < -0.4 is 25.7 Å². The number of H-pyrrole nitrogens is 1. The van der Waals surface area contributed by atoms with Crippen molar-refractivity contribution in [1.29, 1.82) is 5.41 Å². The van der Waals surface area contributed by atoms with Gasteiger partial charge in [0.2, 0.25) is 11.0 Å². The van der Waals surface area contributed by atoms with E-state index in [9.17, 15) is 9.59 Å². The van der Waals surface area contributed by atoms with Gasteiger partial charge in [0.15, 0.2) is 5.49 Å². The molecule has 1 fully saturated rings. The van der Waals surface area contributed by atoms with E-state index in [0.29, 0.717) is 32.7 Å². The second-order valence-electron chi connectivity index (χ2n) is 8.66. The van der Waals surface area contributed by atoms with Crippen molar-refractivity contribution >= 4 is 41.0 Å². The molecular formula is C26H24ClN5O3S.